The van der Waals surface area contributed by atoms with Crippen molar-refractivity contribution in [2.24, 2.45) is 4.99 Å². The fourth-order valence-electron chi connectivity index (χ4n) is 1.89. The fraction of sp³-hybridized carbons (Fsp3) is 0.250. The minimum atomic E-state index is -0.161. The van der Waals surface area contributed by atoms with Crippen LogP contribution < -0.4 is 0 Å². The molecule has 0 spiro atoms. The Labute approximate surface area is 134 Å². The van der Waals surface area contributed by atoms with Crippen molar-refractivity contribution in [3.8, 4) is 6.07 Å². The van der Waals surface area contributed by atoms with Gasteiger partial charge >= 0.3 is 0 Å². The van der Waals surface area contributed by atoms with Crippen LogP contribution in [0.25, 0.3) is 0 Å². The molecule has 0 fully saturated rings. The third-order valence-corrected chi connectivity index (χ3v) is 3.51. The predicted molar refractivity (Wildman–Crippen MR) is 87.9 cm³/mol. The van der Waals surface area contributed by atoms with Gasteiger partial charge in [-0.15, -0.1) is 0 Å². The molecule has 0 unspecified atom stereocenters. The summed E-state index contributed by atoms with van der Waals surface area (Å²) in [4.78, 5) is 4.46. The molecule has 5 heteroatoms. The van der Waals surface area contributed by atoms with Crippen LogP contribution in [0.3, 0.4) is 0 Å². The molecule has 0 N–H and O–H groups in total. The number of aliphatic imine (C=N–C) groups is 1. The molecule has 1 aromatic carbocycles. The lowest BCUT2D eigenvalue weighted by atomic mass is 10.1. The molecule has 0 atom stereocenters. The molecule has 0 bridgehead atoms. The van der Waals surface area contributed by atoms with E-state index >= 15 is 0 Å². The molecule has 1 heterocycles. The van der Waals surface area contributed by atoms with Crippen LogP contribution in [-0.2, 0) is 5.54 Å². The Kier molecular flexibility index (Phi) is 4.41. The Bertz CT molecular complexity index is 731. The van der Waals surface area contributed by atoms with Crippen molar-refractivity contribution >= 4 is 35.2 Å². The van der Waals surface area contributed by atoms with Crippen LogP contribution in [0.1, 0.15) is 31.9 Å². The van der Waals surface area contributed by atoms with Crippen LogP contribution in [0.15, 0.2) is 35.5 Å². The number of rotatable bonds is 2. The second kappa shape index (κ2) is 5.93. The third kappa shape index (κ3) is 3.66. The SMILES string of the molecule is CC(C)(C)n1cc(C#N)cc1/N=C/c1ccc(Cl)cc1Cl. The average Bonchev–Trinajstić information content (AvgIpc) is 2.81. The van der Waals surface area contributed by atoms with Crippen molar-refractivity contribution in [3.05, 3.63) is 51.6 Å². The van der Waals surface area contributed by atoms with Crippen LogP contribution in [0, 0.1) is 11.3 Å². The van der Waals surface area contributed by atoms with E-state index in [1.54, 1.807) is 30.6 Å². The number of nitriles is 1. The lowest BCUT2D eigenvalue weighted by Gasteiger charge is -2.22. The van der Waals surface area contributed by atoms with Gasteiger partial charge in [0.15, 0.2) is 0 Å². The van der Waals surface area contributed by atoms with E-state index in [-0.39, 0.29) is 5.54 Å². The van der Waals surface area contributed by atoms with Gasteiger partial charge < -0.3 is 4.57 Å². The summed E-state index contributed by atoms with van der Waals surface area (Å²) in [6.45, 7) is 6.17. The average molecular weight is 320 g/mol. The maximum Gasteiger partial charge on any atom is 0.134 e. The van der Waals surface area contributed by atoms with Crippen molar-refractivity contribution in [2.75, 3.05) is 0 Å². The van der Waals surface area contributed by atoms with Gasteiger partial charge in [-0.1, -0.05) is 29.3 Å². The largest absolute Gasteiger partial charge is 0.326 e. The second-order valence-corrected chi connectivity index (χ2v) is 6.51. The molecule has 1 aromatic heterocycles. The number of halogens is 2. The highest BCUT2D eigenvalue weighted by Gasteiger charge is 2.17. The molecular weight excluding hydrogens is 305 g/mol. The molecule has 3 nitrogen and oxygen atoms in total. The standard InChI is InChI=1S/C16H15Cl2N3/c1-16(2,3)21-10-11(8-19)6-15(21)20-9-12-4-5-13(17)7-14(12)18/h4-7,9-10H,1-3H3/b20-9+. The summed E-state index contributed by atoms with van der Waals surface area (Å²) < 4.78 is 1.96. The minimum absolute atomic E-state index is 0.161. The van der Waals surface area contributed by atoms with Crippen molar-refractivity contribution < 1.29 is 0 Å². The summed E-state index contributed by atoms with van der Waals surface area (Å²) in [6.07, 6.45) is 3.48. The molecule has 0 aliphatic rings. The first-order valence-electron chi connectivity index (χ1n) is 6.43. The molecule has 0 radical (unpaired) electrons. The maximum atomic E-state index is 9.05. The number of hydrogen-bond donors (Lipinski definition) is 0. The summed E-state index contributed by atoms with van der Waals surface area (Å²) in [6, 6.07) is 9.14. The van der Waals surface area contributed by atoms with Gasteiger partial charge in [0.25, 0.3) is 0 Å². The summed E-state index contributed by atoms with van der Waals surface area (Å²) in [7, 11) is 0. The first-order valence-corrected chi connectivity index (χ1v) is 7.19. The Morgan fingerprint density at radius 2 is 1.95 bits per heavy atom. The molecular formula is C16H15Cl2N3. The monoisotopic (exact) mass is 319 g/mol. The van der Waals surface area contributed by atoms with Crippen LogP contribution in [-0.4, -0.2) is 10.8 Å². The molecule has 0 aliphatic heterocycles. The van der Waals surface area contributed by atoms with E-state index < -0.39 is 0 Å². The first kappa shape index (κ1) is 15.6. The van der Waals surface area contributed by atoms with Crippen molar-refractivity contribution in [2.45, 2.75) is 26.3 Å². The smallest absolute Gasteiger partial charge is 0.134 e. The van der Waals surface area contributed by atoms with E-state index in [4.69, 9.17) is 28.5 Å². The van der Waals surface area contributed by atoms with E-state index in [9.17, 15) is 0 Å². The zero-order valence-electron chi connectivity index (χ0n) is 12.1. The van der Waals surface area contributed by atoms with Crippen LogP contribution >= 0.6 is 23.2 Å². The fourth-order valence-corrected chi connectivity index (χ4v) is 2.35. The Morgan fingerprint density at radius 1 is 1.24 bits per heavy atom. The van der Waals surface area contributed by atoms with Crippen LogP contribution in [0.2, 0.25) is 10.0 Å². The molecule has 21 heavy (non-hydrogen) atoms. The van der Waals surface area contributed by atoms with Crippen LogP contribution in [0.4, 0.5) is 5.82 Å². The Morgan fingerprint density at radius 3 is 2.52 bits per heavy atom. The van der Waals surface area contributed by atoms with E-state index in [0.29, 0.717) is 21.4 Å². The Hall–Kier alpha value is -1.76. The molecule has 2 aromatic rings. The van der Waals surface area contributed by atoms with E-state index in [1.807, 2.05) is 10.6 Å². The molecule has 0 amide bonds. The maximum absolute atomic E-state index is 9.05. The highest BCUT2D eigenvalue weighted by molar-refractivity contribution is 6.36. The molecule has 0 saturated carbocycles. The Balaban J connectivity index is 2.41. The van der Waals surface area contributed by atoms with Crippen molar-refractivity contribution in [1.82, 2.24) is 4.57 Å². The first-order chi connectivity index (χ1) is 9.81. The topological polar surface area (TPSA) is 41.1 Å². The molecule has 0 aliphatic carbocycles. The molecule has 2 rings (SSSR count). The van der Waals surface area contributed by atoms with Gasteiger partial charge in [-0.05, 0) is 32.9 Å². The summed E-state index contributed by atoms with van der Waals surface area (Å²) in [5.41, 5.74) is 1.20. The van der Waals surface area contributed by atoms with Gasteiger partial charge in [-0.2, -0.15) is 5.26 Å². The number of benzene rings is 1. The number of nitrogens with zero attached hydrogens (tertiary/aromatic N) is 3. The highest BCUT2D eigenvalue weighted by Crippen LogP contribution is 2.27. The lowest BCUT2D eigenvalue weighted by Crippen LogP contribution is -2.20. The zero-order valence-corrected chi connectivity index (χ0v) is 13.6. The van der Waals surface area contributed by atoms with Gasteiger partial charge in [-0.25, -0.2) is 4.99 Å². The van der Waals surface area contributed by atoms with Gasteiger partial charge in [0.05, 0.1) is 10.6 Å². The van der Waals surface area contributed by atoms with E-state index in [1.165, 1.54) is 0 Å². The quantitative estimate of drug-likeness (QED) is 0.704. The van der Waals surface area contributed by atoms with E-state index in [0.717, 1.165) is 5.56 Å². The van der Waals surface area contributed by atoms with Crippen molar-refractivity contribution in [1.29, 1.82) is 5.26 Å². The number of hydrogen-bond acceptors (Lipinski definition) is 2. The normalized spacial score (nSPS) is 11.8. The lowest BCUT2D eigenvalue weighted by molar-refractivity contribution is 0.402. The van der Waals surface area contributed by atoms with Crippen molar-refractivity contribution in [3.63, 3.8) is 0 Å². The van der Waals surface area contributed by atoms with E-state index in [2.05, 4.69) is 31.8 Å². The van der Waals surface area contributed by atoms with Gasteiger partial charge in [0.1, 0.15) is 11.9 Å². The second-order valence-electron chi connectivity index (χ2n) is 5.66. The molecule has 0 saturated heterocycles. The number of aromatic nitrogens is 1. The zero-order chi connectivity index (χ0) is 15.6. The highest BCUT2D eigenvalue weighted by atomic mass is 35.5. The predicted octanol–water partition coefficient (Wildman–Crippen LogP) is 5.17. The molecule has 108 valence electrons. The van der Waals surface area contributed by atoms with Gasteiger partial charge in [0, 0.05) is 34.6 Å². The van der Waals surface area contributed by atoms with Gasteiger partial charge in [-0.3, -0.25) is 0 Å². The van der Waals surface area contributed by atoms with Gasteiger partial charge in [0.2, 0.25) is 0 Å². The minimum Gasteiger partial charge on any atom is -0.326 e. The third-order valence-electron chi connectivity index (χ3n) is 2.95. The van der Waals surface area contributed by atoms with Crippen LogP contribution in [0.5, 0.6) is 0 Å². The summed E-state index contributed by atoms with van der Waals surface area (Å²) >= 11 is 12.0. The summed E-state index contributed by atoms with van der Waals surface area (Å²) in [5.74, 6) is 0.713. The summed E-state index contributed by atoms with van der Waals surface area (Å²) in [5, 5.41) is 10.2.